The Kier molecular flexibility index (Phi) is 5.32. The molecule has 0 amide bonds. The molecule has 0 saturated carbocycles. The molecule has 5 heteroatoms. The predicted octanol–water partition coefficient (Wildman–Crippen LogP) is 1.80. The zero-order chi connectivity index (χ0) is 13.4. The third-order valence-corrected chi connectivity index (χ3v) is 2.56. The molecule has 0 heterocycles. The first-order valence-corrected chi connectivity index (χ1v) is 7.19. The van der Waals surface area contributed by atoms with Gasteiger partial charge in [-0.1, -0.05) is 30.3 Å². The van der Waals surface area contributed by atoms with Crippen molar-refractivity contribution in [3.8, 4) is 0 Å². The molecule has 1 aromatic rings. The lowest BCUT2D eigenvalue weighted by molar-refractivity contribution is -0.136. The van der Waals surface area contributed by atoms with Crippen molar-refractivity contribution in [1.29, 1.82) is 0 Å². The SMILES string of the molecule is CS(=O)(=O)/C=C/COC(=O)/C=C/c1ccccc1. The van der Waals surface area contributed by atoms with Gasteiger partial charge < -0.3 is 4.74 Å². The number of ether oxygens (including phenoxy) is 1. The summed E-state index contributed by atoms with van der Waals surface area (Å²) in [4.78, 5) is 11.2. The Balaban J connectivity index is 2.39. The van der Waals surface area contributed by atoms with Crippen molar-refractivity contribution in [2.24, 2.45) is 0 Å². The topological polar surface area (TPSA) is 60.4 Å². The number of carbonyl (C=O) groups excluding carboxylic acids is 1. The van der Waals surface area contributed by atoms with Crippen molar-refractivity contribution in [1.82, 2.24) is 0 Å². The maximum Gasteiger partial charge on any atom is 0.331 e. The molecule has 0 bridgehead atoms. The molecule has 96 valence electrons. The highest BCUT2D eigenvalue weighted by Gasteiger charge is 1.96. The van der Waals surface area contributed by atoms with Crippen LogP contribution in [0.5, 0.6) is 0 Å². The van der Waals surface area contributed by atoms with Crippen molar-refractivity contribution < 1.29 is 17.9 Å². The maximum atomic E-state index is 11.2. The van der Waals surface area contributed by atoms with Crippen LogP contribution >= 0.6 is 0 Å². The van der Waals surface area contributed by atoms with E-state index < -0.39 is 15.8 Å². The van der Waals surface area contributed by atoms with E-state index in [4.69, 9.17) is 4.74 Å². The molecule has 0 aromatic heterocycles. The van der Waals surface area contributed by atoms with E-state index in [9.17, 15) is 13.2 Å². The van der Waals surface area contributed by atoms with Gasteiger partial charge >= 0.3 is 5.97 Å². The van der Waals surface area contributed by atoms with E-state index in [1.807, 2.05) is 30.3 Å². The third-order valence-electron chi connectivity index (χ3n) is 1.88. The van der Waals surface area contributed by atoms with Gasteiger partial charge in [0.1, 0.15) is 6.61 Å². The van der Waals surface area contributed by atoms with Crippen molar-refractivity contribution in [3.05, 3.63) is 53.5 Å². The zero-order valence-corrected chi connectivity index (χ0v) is 10.8. The largest absolute Gasteiger partial charge is 0.458 e. The first kappa shape index (κ1) is 14.2. The second kappa shape index (κ2) is 6.76. The van der Waals surface area contributed by atoms with E-state index in [0.29, 0.717) is 0 Å². The molecule has 0 unspecified atom stereocenters. The summed E-state index contributed by atoms with van der Waals surface area (Å²) in [6, 6.07) is 9.31. The first-order valence-electron chi connectivity index (χ1n) is 5.24. The zero-order valence-electron chi connectivity index (χ0n) is 9.94. The van der Waals surface area contributed by atoms with Gasteiger partial charge in [-0.05, 0) is 17.7 Å². The molecule has 0 fully saturated rings. The lowest BCUT2D eigenvalue weighted by Gasteiger charge is -1.96. The monoisotopic (exact) mass is 266 g/mol. The number of esters is 1. The highest BCUT2D eigenvalue weighted by atomic mass is 32.2. The van der Waals surface area contributed by atoms with Crippen LogP contribution < -0.4 is 0 Å². The number of benzene rings is 1. The summed E-state index contributed by atoms with van der Waals surface area (Å²) in [6.45, 7) is -0.0645. The Labute approximate surface area is 107 Å². The van der Waals surface area contributed by atoms with E-state index in [0.717, 1.165) is 17.2 Å². The fourth-order valence-corrected chi connectivity index (χ4v) is 1.55. The number of sulfone groups is 1. The van der Waals surface area contributed by atoms with Gasteiger partial charge in [0.15, 0.2) is 9.84 Å². The fraction of sp³-hybridized carbons (Fsp3) is 0.154. The molecule has 0 aliphatic heterocycles. The van der Waals surface area contributed by atoms with Crippen LogP contribution in [0.4, 0.5) is 0 Å². The van der Waals surface area contributed by atoms with E-state index in [1.54, 1.807) is 6.08 Å². The first-order chi connectivity index (χ1) is 8.47. The standard InChI is InChI=1S/C13H14O4S/c1-18(15,16)11-5-10-17-13(14)9-8-12-6-3-2-4-7-12/h2-9,11H,10H2,1H3/b9-8+,11-5+. The minimum absolute atomic E-state index is 0.0645. The quantitative estimate of drug-likeness (QED) is 0.602. The smallest absolute Gasteiger partial charge is 0.331 e. The van der Waals surface area contributed by atoms with Crippen molar-refractivity contribution in [2.75, 3.05) is 12.9 Å². The van der Waals surface area contributed by atoms with Crippen LogP contribution in [0.25, 0.3) is 6.08 Å². The predicted molar refractivity (Wildman–Crippen MR) is 70.4 cm³/mol. The summed E-state index contributed by atoms with van der Waals surface area (Å²) in [7, 11) is -3.17. The van der Waals surface area contributed by atoms with Gasteiger partial charge in [-0.15, -0.1) is 0 Å². The number of hydrogen-bond acceptors (Lipinski definition) is 4. The van der Waals surface area contributed by atoms with Gasteiger partial charge in [-0.3, -0.25) is 0 Å². The highest BCUT2D eigenvalue weighted by Crippen LogP contribution is 2.01. The van der Waals surface area contributed by atoms with Gasteiger partial charge in [-0.2, -0.15) is 0 Å². The molecule has 0 radical (unpaired) electrons. The molecule has 18 heavy (non-hydrogen) atoms. The van der Waals surface area contributed by atoms with Crippen LogP contribution in [0.15, 0.2) is 47.9 Å². The second-order valence-electron chi connectivity index (χ2n) is 3.58. The lowest BCUT2D eigenvalue weighted by Crippen LogP contribution is -2.00. The van der Waals surface area contributed by atoms with E-state index in [-0.39, 0.29) is 6.61 Å². The molecule has 4 nitrogen and oxygen atoms in total. The Morgan fingerprint density at radius 3 is 2.56 bits per heavy atom. The van der Waals surface area contributed by atoms with Crippen LogP contribution in [0.3, 0.4) is 0 Å². The van der Waals surface area contributed by atoms with Crippen LogP contribution in [-0.4, -0.2) is 27.2 Å². The summed E-state index contributed by atoms with van der Waals surface area (Å²) in [5.41, 5.74) is 0.890. The summed E-state index contributed by atoms with van der Waals surface area (Å²) in [5, 5.41) is 1.00. The molecule has 1 aromatic carbocycles. The molecular weight excluding hydrogens is 252 g/mol. The van der Waals surface area contributed by atoms with Crippen molar-refractivity contribution in [2.45, 2.75) is 0 Å². The minimum Gasteiger partial charge on any atom is -0.458 e. The molecule has 0 N–H and O–H groups in total. The molecule has 1 rings (SSSR count). The summed E-state index contributed by atoms with van der Waals surface area (Å²) < 4.78 is 26.3. The van der Waals surface area contributed by atoms with Gasteiger partial charge in [-0.25, -0.2) is 13.2 Å². The van der Waals surface area contributed by atoms with Gasteiger partial charge in [0, 0.05) is 17.7 Å². The summed E-state index contributed by atoms with van der Waals surface area (Å²) >= 11 is 0. The van der Waals surface area contributed by atoms with Crippen LogP contribution in [0.2, 0.25) is 0 Å². The average molecular weight is 266 g/mol. The number of carbonyl (C=O) groups is 1. The molecule has 0 saturated heterocycles. The Morgan fingerprint density at radius 2 is 1.94 bits per heavy atom. The Hall–Kier alpha value is -1.88. The summed E-state index contributed by atoms with van der Waals surface area (Å²) in [6.07, 6.45) is 5.27. The Morgan fingerprint density at radius 1 is 1.28 bits per heavy atom. The number of hydrogen-bond donors (Lipinski definition) is 0. The van der Waals surface area contributed by atoms with Gasteiger partial charge in [0.2, 0.25) is 0 Å². The van der Waals surface area contributed by atoms with Crippen molar-refractivity contribution >= 4 is 21.9 Å². The maximum absolute atomic E-state index is 11.2. The van der Waals surface area contributed by atoms with Crippen LogP contribution in [-0.2, 0) is 19.4 Å². The van der Waals surface area contributed by atoms with E-state index in [2.05, 4.69) is 0 Å². The lowest BCUT2D eigenvalue weighted by atomic mass is 10.2. The fourth-order valence-electron chi connectivity index (χ4n) is 1.12. The highest BCUT2D eigenvalue weighted by molar-refractivity contribution is 7.93. The molecule has 0 spiro atoms. The third kappa shape index (κ3) is 6.65. The average Bonchev–Trinajstić information content (AvgIpc) is 2.32. The van der Waals surface area contributed by atoms with Gasteiger partial charge in [0.25, 0.3) is 0 Å². The molecular formula is C13H14O4S. The normalized spacial score (nSPS) is 12.1. The number of rotatable bonds is 5. The van der Waals surface area contributed by atoms with Gasteiger partial charge in [0.05, 0.1) is 0 Å². The van der Waals surface area contributed by atoms with E-state index in [1.165, 1.54) is 12.2 Å². The van der Waals surface area contributed by atoms with Crippen LogP contribution in [0, 0.1) is 0 Å². The molecule has 0 atom stereocenters. The summed E-state index contributed by atoms with van der Waals surface area (Å²) in [5.74, 6) is -0.517. The van der Waals surface area contributed by atoms with E-state index >= 15 is 0 Å². The molecule has 0 aliphatic rings. The van der Waals surface area contributed by atoms with Crippen LogP contribution in [0.1, 0.15) is 5.56 Å². The Bertz CT molecular complexity index is 542. The molecule has 0 aliphatic carbocycles. The van der Waals surface area contributed by atoms with Crippen molar-refractivity contribution in [3.63, 3.8) is 0 Å². The second-order valence-corrected chi connectivity index (χ2v) is 5.51. The minimum atomic E-state index is -3.17.